The summed E-state index contributed by atoms with van der Waals surface area (Å²) >= 11 is 0. The largest absolute Gasteiger partial charge is 0.479 e. The van der Waals surface area contributed by atoms with Crippen molar-refractivity contribution >= 4 is 17.3 Å². The van der Waals surface area contributed by atoms with Gasteiger partial charge in [-0.1, -0.05) is 12.1 Å². The Labute approximate surface area is 190 Å². The molecule has 0 spiro atoms. The highest BCUT2D eigenvalue weighted by atomic mass is 16.5. The van der Waals surface area contributed by atoms with Crippen LogP contribution in [0.2, 0.25) is 0 Å². The maximum absolute atomic E-state index is 12.7. The number of hydrogen-bond acceptors (Lipinski definition) is 8. The van der Waals surface area contributed by atoms with Crippen LogP contribution in [0.3, 0.4) is 0 Å². The van der Waals surface area contributed by atoms with Crippen LogP contribution in [0.25, 0.3) is 28.0 Å². The molecule has 0 radical (unpaired) electrons. The normalized spacial score (nSPS) is 13.9. The zero-order valence-electron chi connectivity index (χ0n) is 18.1. The highest BCUT2D eigenvalue weighted by Gasteiger charge is 2.19. The summed E-state index contributed by atoms with van der Waals surface area (Å²) in [4.78, 5) is 27.2. The van der Waals surface area contributed by atoms with E-state index in [2.05, 4.69) is 44.1 Å². The minimum absolute atomic E-state index is 0.258. The van der Waals surface area contributed by atoms with E-state index in [0.717, 1.165) is 43.2 Å². The molecule has 9 nitrogen and oxygen atoms in total. The zero-order chi connectivity index (χ0) is 22.8. The standard InChI is InChI=1S/C24H23N5O4/c1-2-33-23(30)20-11-17(18-12-26-24(31)27-13-18)15-29-21(14-25-22(20)29)16-3-5-19(6-4-16)28-7-9-32-10-8-28/h3-6,11-15H,2,7-10H2,1H3,(H,26,27,31). The molecule has 1 fully saturated rings. The van der Waals surface area contributed by atoms with Crippen molar-refractivity contribution in [1.82, 2.24) is 19.4 Å². The third-order valence-corrected chi connectivity index (χ3v) is 5.61. The van der Waals surface area contributed by atoms with Crippen LogP contribution in [0.4, 0.5) is 5.69 Å². The summed E-state index contributed by atoms with van der Waals surface area (Å²) in [5.74, 6) is -0.455. The van der Waals surface area contributed by atoms with Crippen molar-refractivity contribution in [2.24, 2.45) is 0 Å². The molecule has 0 amide bonds. The number of benzene rings is 1. The van der Waals surface area contributed by atoms with Crippen LogP contribution < -0.4 is 4.90 Å². The van der Waals surface area contributed by atoms with Gasteiger partial charge in [0.15, 0.2) is 5.65 Å². The molecule has 168 valence electrons. The van der Waals surface area contributed by atoms with Gasteiger partial charge in [0.1, 0.15) is 5.56 Å². The van der Waals surface area contributed by atoms with Crippen molar-refractivity contribution in [2.45, 2.75) is 6.92 Å². The van der Waals surface area contributed by atoms with Crippen LogP contribution in [0.1, 0.15) is 17.3 Å². The Morgan fingerprint density at radius 2 is 1.76 bits per heavy atom. The van der Waals surface area contributed by atoms with Crippen LogP contribution >= 0.6 is 0 Å². The van der Waals surface area contributed by atoms with Gasteiger partial charge in [-0.3, -0.25) is 4.40 Å². The highest BCUT2D eigenvalue weighted by molar-refractivity contribution is 5.97. The first-order chi connectivity index (χ1) is 16.1. The van der Waals surface area contributed by atoms with E-state index in [1.807, 2.05) is 10.6 Å². The van der Waals surface area contributed by atoms with E-state index in [4.69, 9.17) is 9.47 Å². The lowest BCUT2D eigenvalue weighted by atomic mass is 10.1. The van der Waals surface area contributed by atoms with E-state index in [-0.39, 0.29) is 12.6 Å². The molecule has 9 heteroatoms. The predicted octanol–water partition coefficient (Wildman–Crippen LogP) is 3.18. The first kappa shape index (κ1) is 20.9. The lowest BCUT2D eigenvalue weighted by molar-refractivity contribution is 0.0528. The second-order valence-corrected chi connectivity index (χ2v) is 7.62. The van der Waals surface area contributed by atoms with Crippen LogP contribution in [0, 0.1) is 0 Å². The van der Waals surface area contributed by atoms with Gasteiger partial charge in [0, 0.05) is 54.1 Å². The molecule has 0 aliphatic carbocycles. The van der Waals surface area contributed by atoms with E-state index in [1.165, 1.54) is 12.4 Å². The number of morpholine rings is 1. The van der Waals surface area contributed by atoms with Gasteiger partial charge in [-0.25, -0.2) is 19.7 Å². The topological polar surface area (TPSA) is 102 Å². The van der Waals surface area contributed by atoms with E-state index in [0.29, 0.717) is 22.3 Å². The second kappa shape index (κ2) is 8.87. The lowest BCUT2D eigenvalue weighted by Crippen LogP contribution is -2.36. The summed E-state index contributed by atoms with van der Waals surface area (Å²) in [6, 6.07) is 9.67. The van der Waals surface area contributed by atoms with Crippen molar-refractivity contribution in [3.63, 3.8) is 0 Å². The molecule has 1 aliphatic rings. The maximum Gasteiger partial charge on any atom is 0.341 e. The van der Waals surface area contributed by atoms with Crippen molar-refractivity contribution in [3.8, 4) is 28.4 Å². The maximum atomic E-state index is 12.7. The van der Waals surface area contributed by atoms with Crippen molar-refractivity contribution in [1.29, 1.82) is 0 Å². The van der Waals surface area contributed by atoms with E-state index < -0.39 is 5.97 Å². The number of rotatable bonds is 5. The van der Waals surface area contributed by atoms with Crippen molar-refractivity contribution in [2.75, 3.05) is 37.8 Å². The fourth-order valence-electron chi connectivity index (χ4n) is 3.95. The first-order valence-electron chi connectivity index (χ1n) is 10.8. The molecule has 0 atom stereocenters. The Morgan fingerprint density at radius 3 is 2.45 bits per heavy atom. The number of aromatic nitrogens is 4. The molecule has 5 rings (SSSR count). The van der Waals surface area contributed by atoms with Crippen LogP contribution in [-0.4, -0.2) is 63.3 Å². The molecule has 0 unspecified atom stereocenters. The predicted molar refractivity (Wildman–Crippen MR) is 122 cm³/mol. The average molecular weight is 445 g/mol. The van der Waals surface area contributed by atoms with Gasteiger partial charge in [0.2, 0.25) is 0 Å². The molecular weight excluding hydrogens is 422 g/mol. The molecule has 1 aliphatic heterocycles. The Morgan fingerprint density at radius 1 is 1.03 bits per heavy atom. The summed E-state index contributed by atoms with van der Waals surface area (Å²) < 4.78 is 12.6. The van der Waals surface area contributed by atoms with Gasteiger partial charge in [0.25, 0.3) is 0 Å². The minimum atomic E-state index is -0.455. The number of fused-ring (bicyclic) bond motifs is 1. The number of ether oxygens (including phenoxy) is 2. The zero-order valence-corrected chi connectivity index (χ0v) is 18.1. The van der Waals surface area contributed by atoms with Gasteiger partial charge >= 0.3 is 12.0 Å². The number of carbonyl (C=O) groups excluding carboxylic acids is 1. The second-order valence-electron chi connectivity index (χ2n) is 7.62. The number of carbonyl (C=O) groups is 1. The van der Waals surface area contributed by atoms with Gasteiger partial charge in [0.05, 0.1) is 31.7 Å². The number of esters is 1. The van der Waals surface area contributed by atoms with Crippen LogP contribution in [-0.2, 0) is 9.47 Å². The Bertz CT molecular complexity index is 1280. The highest BCUT2D eigenvalue weighted by Crippen LogP contribution is 2.29. The SMILES string of the molecule is CCOC(=O)c1cc(-c2cnc(O)nc2)cn2c(-c3ccc(N4CCOCC4)cc3)cnc12. The van der Waals surface area contributed by atoms with E-state index in [9.17, 15) is 9.90 Å². The number of nitrogens with zero attached hydrogens (tertiary/aromatic N) is 5. The lowest BCUT2D eigenvalue weighted by Gasteiger charge is -2.28. The van der Waals surface area contributed by atoms with Gasteiger partial charge in [-0.05, 0) is 25.1 Å². The van der Waals surface area contributed by atoms with Crippen LogP contribution in [0.15, 0.2) is 55.1 Å². The molecule has 1 N–H and O–H groups in total. The number of anilines is 1. The molecule has 1 saturated heterocycles. The Hall–Kier alpha value is -3.98. The summed E-state index contributed by atoms with van der Waals surface area (Å²) in [6.45, 7) is 5.23. The number of pyridine rings is 1. The monoisotopic (exact) mass is 445 g/mol. The number of aromatic hydroxyl groups is 1. The minimum Gasteiger partial charge on any atom is -0.479 e. The molecule has 4 aromatic rings. The molecule has 1 aromatic carbocycles. The Balaban J connectivity index is 1.59. The van der Waals surface area contributed by atoms with E-state index >= 15 is 0 Å². The fraction of sp³-hybridized carbons (Fsp3) is 0.250. The van der Waals surface area contributed by atoms with Gasteiger partial charge < -0.3 is 19.5 Å². The van der Waals surface area contributed by atoms with E-state index in [1.54, 1.807) is 19.2 Å². The molecular formula is C24H23N5O4. The number of hydrogen-bond donors (Lipinski definition) is 1. The Kier molecular flexibility index (Phi) is 5.62. The molecule has 4 heterocycles. The quantitative estimate of drug-likeness (QED) is 0.468. The third-order valence-electron chi connectivity index (χ3n) is 5.61. The summed E-state index contributed by atoms with van der Waals surface area (Å²) in [7, 11) is 0. The molecule has 0 bridgehead atoms. The molecule has 3 aromatic heterocycles. The molecule has 0 saturated carbocycles. The third kappa shape index (κ3) is 4.10. The summed E-state index contributed by atoms with van der Waals surface area (Å²) in [6.07, 6.45) is 6.64. The fourth-order valence-corrected chi connectivity index (χ4v) is 3.95. The van der Waals surface area contributed by atoms with Crippen LogP contribution in [0.5, 0.6) is 6.01 Å². The van der Waals surface area contributed by atoms with Gasteiger partial charge in [-0.15, -0.1) is 0 Å². The smallest absolute Gasteiger partial charge is 0.341 e. The average Bonchev–Trinajstić information content (AvgIpc) is 3.29. The first-order valence-corrected chi connectivity index (χ1v) is 10.8. The molecule has 33 heavy (non-hydrogen) atoms. The van der Waals surface area contributed by atoms with Crippen molar-refractivity contribution < 1.29 is 19.4 Å². The summed E-state index contributed by atoms with van der Waals surface area (Å²) in [5.41, 5.74) is 5.16. The van der Waals surface area contributed by atoms with Crippen molar-refractivity contribution in [3.05, 3.63) is 60.7 Å². The van der Waals surface area contributed by atoms with Gasteiger partial charge in [-0.2, -0.15) is 0 Å². The summed E-state index contributed by atoms with van der Waals surface area (Å²) in [5, 5.41) is 9.44. The number of imidazole rings is 1.